The van der Waals surface area contributed by atoms with Crippen molar-refractivity contribution in [3.63, 3.8) is 0 Å². The van der Waals surface area contributed by atoms with Crippen LogP contribution in [0.15, 0.2) is 36.8 Å². The predicted octanol–water partition coefficient (Wildman–Crippen LogP) is 3.05. The monoisotopic (exact) mass is 380 g/mol. The third kappa shape index (κ3) is 3.21. The Balaban J connectivity index is 1.65. The third-order valence-electron chi connectivity index (χ3n) is 4.77. The lowest BCUT2D eigenvalue weighted by atomic mass is 10.1. The summed E-state index contributed by atoms with van der Waals surface area (Å²) in [5.41, 5.74) is 14.9. The number of fused-ring (bicyclic) bond motifs is 1. The van der Waals surface area contributed by atoms with Crippen LogP contribution in [0.2, 0.25) is 0 Å². The first kappa shape index (κ1) is 18.1. The van der Waals surface area contributed by atoms with Gasteiger partial charge in [0.05, 0.1) is 11.4 Å². The Kier molecular flexibility index (Phi) is 4.14. The van der Waals surface area contributed by atoms with Crippen LogP contribution in [0.1, 0.15) is 26.8 Å². The number of nitrogens with two attached hydrogens (primary N) is 2. The molecule has 3 aromatic rings. The molecule has 1 fully saturated rings. The van der Waals surface area contributed by atoms with Gasteiger partial charge in [-0.05, 0) is 38.5 Å². The minimum absolute atomic E-state index is 0.104. The van der Waals surface area contributed by atoms with Gasteiger partial charge in [0.15, 0.2) is 0 Å². The Morgan fingerprint density at radius 1 is 1.14 bits per heavy atom. The van der Waals surface area contributed by atoms with Crippen molar-refractivity contribution < 1.29 is 9.53 Å². The molecule has 8 heteroatoms. The molecule has 4 N–H and O–H groups in total. The number of hydrogen-bond donors (Lipinski definition) is 2. The minimum Gasteiger partial charge on any atom is -0.444 e. The van der Waals surface area contributed by atoms with Crippen molar-refractivity contribution >= 4 is 28.6 Å². The molecule has 0 unspecified atom stereocenters. The van der Waals surface area contributed by atoms with E-state index in [0.717, 1.165) is 22.2 Å². The highest BCUT2D eigenvalue weighted by Crippen LogP contribution is 2.36. The first-order valence-electron chi connectivity index (χ1n) is 9.18. The summed E-state index contributed by atoms with van der Waals surface area (Å²) in [6.45, 7) is 6.70. The van der Waals surface area contributed by atoms with E-state index < -0.39 is 5.60 Å². The van der Waals surface area contributed by atoms with Gasteiger partial charge in [-0.25, -0.2) is 14.8 Å². The fourth-order valence-electron chi connectivity index (χ4n) is 3.38. The highest BCUT2D eigenvalue weighted by Gasteiger charge is 2.36. The fraction of sp³-hybridized carbons (Fsp3) is 0.350. The molecule has 0 aliphatic carbocycles. The summed E-state index contributed by atoms with van der Waals surface area (Å²) in [6, 6.07) is 7.72. The zero-order valence-corrected chi connectivity index (χ0v) is 16.2. The molecule has 1 amide bonds. The van der Waals surface area contributed by atoms with Gasteiger partial charge in [-0.3, -0.25) is 0 Å². The van der Waals surface area contributed by atoms with Crippen molar-refractivity contribution in [2.45, 2.75) is 32.4 Å². The molecule has 0 radical (unpaired) electrons. The van der Waals surface area contributed by atoms with Crippen LogP contribution in [-0.2, 0) is 4.74 Å². The van der Waals surface area contributed by atoms with E-state index in [1.165, 1.54) is 6.33 Å². The largest absolute Gasteiger partial charge is 0.444 e. The smallest absolute Gasteiger partial charge is 0.410 e. The molecule has 1 aliphatic heterocycles. The lowest BCUT2D eigenvalue weighted by molar-refractivity contribution is 0.00152. The average molecular weight is 380 g/mol. The molecule has 0 atom stereocenters. The molecule has 3 heterocycles. The van der Waals surface area contributed by atoms with Crippen molar-refractivity contribution in [1.82, 2.24) is 19.4 Å². The average Bonchev–Trinajstić information content (AvgIpc) is 2.93. The van der Waals surface area contributed by atoms with Gasteiger partial charge in [0.2, 0.25) is 0 Å². The van der Waals surface area contributed by atoms with E-state index in [9.17, 15) is 4.79 Å². The zero-order chi connectivity index (χ0) is 20.1. The quantitative estimate of drug-likeness (QED) is 0.661. The Labute approximate surface area is 163 Å². The Morgan fingerprint density at radius 3 is 2.46 bits per heavy atom. The Hall–Kier alpha value is -3.29. The van der Waals surface area contributed by atoms with Crippen molar-refractivity contribution in [2.75, 3.05) is 24.6 Å². The molecule has 146 valence electrons. The number of benzene rings is 1. The number of likely N-dealkylation sites (tertiary alicyclic amines) is 1. The van der Waals surface area contributed by atoms with Gasteiger partial charge in [-0.1, -0.05) is 12.1 Å². The van der Waals surface area contributed by atoms with E-state index in [1.54, 1.807) is 4.90 Å². The van der Waals surface area contributed by atoms with Crippen LogP contribution in [0.3, 0.4) is 0 Å². The second-order valence-corrected chi connectivity index (χ2v) is 8.07. The molecule has 0 saturated carbocycles. The standard InChI is InChI=1S/C20H24N6O2/c1-20(2,3)28-19(27)25-8-14(9-25)26-10-15(12-4-6-13(21)7-5-12)16-17(22)23-11-24-18(16)26/h4-7,10-11,14H,8-9,21H2,1-3H3,(H2,22,23,24). The van der Waals surface area contributed by atoms with E-state index in [-0.39, 0.29) is 12.1 Å². The summed E-state index contributed by atoms with van der Waals surface area (Å²) in [5, 5.41) is 0.808. The van der Waals surface area contributed by atoms with Gasteiger partial charge in [0.1, 0.15) is 23.4 Å². The first-order valence-corrected chi connectivity index (χ1v) is 9.18. The highest BCUT2D eigenvalue weighted by atomic mass is 16.6. The van der Waals surface area contributed by atoms with Crippen LogP contribution in [0.4, 0.5) is 16.3 Å². The lowest BCUT2D eigenvalue weighted by Gasteiger charge is -2.40. The van der Waals surface area contributed by atoms with Gasteiger partial charge in [-0.2, -0.15) is 0 Å². The summed E-state index contributed by atoms with van der Waals surface area (Å²) in [6.07, 6.45) is 3.19. The summed E-state index contributed by atoms with van der Waals surface area (Å²) in [4.78, 5) is 22.5. The van der Waals surface area contributed by atoms with E-state index in [2.05, 4.69) is 14.5 Å². The van der Waals surface area contributed by atoms with Crippen LogP contribution < -0.4 is 11.5 Å². The topological polar surface area (TPSA) is 112 Å². The van der Waals surface area contributed by atoms with Crippen LogP contribution in [0.25, 0.3) is 22.2 Å². The highest BCUT2D eigenvalue weighted by molar-refractivity contribution is 6.00. The van der Waals surface area contributed by atoms with Crippen LogP contribution in [0.5, 0.6) is 0 Å². The Morgan fingerprint density at radius 2 is 1.82 bits per heavy atom. The van der Waals surface area contributed by atoms with Gasteiger partial charge in [0, 0.05) is 30.5 Å². The number of carbonyl (C=O) groups is 1. The maximum Gasteiger partial charge on any atom is 0.410 e. The van der Waals surface area contributed by atoms with E-state index >= 15 is 0 Å². The number of carbonyl (C=O) groups excluding carboxylic acids is 1. The zero-order valence-electron chi connectivity index (χ0n) is 16.2. The van der Waals surface area contributed by atoms with Crippen LogP contribution in [-0.4, -0.2) is 44.2 Å². The SMILES string of the molecule is CC(C)(C)OC(=O)N1CC(n2cc(-c3ccc(N)cc3)c3c(N)ncnc32)C1. The maximum atomic E-state index is 12.2. The summed E-state index contributed by atoms with van der Waals surface area (Å²) in [7, 11) is 0. The number of amides is 1. The number of nitrogen functional groups attached to an aromatic ring is 2. The molecule has 4 rings (SSSR count). The number of aromatic nitrogens is 3. The van der Waals surface area contributed by atoms with E-state index in [4.69, 9.17) is 16.2 Å². The van der Waals surface area contributed by atoms with Gasteiger partial charge in [0.25, 0.3) is 0 Å². The summed E-state index contributed by atoms with van der Waals surface area (Å²) in [5.74, 6) is 0.430. The summed E-state index contributed by atoms with van der Waals surface area (Å²) >= 11 is 0. The molecule has 0 spiro atoms. The number of rotatable bonds is 2. The molecule has 1 saturated heterocycles. The number of anilines is 2. The van der Waals surface area contributed by atoms with E-state index in [1.807, 2.05) is 51.2 Å². The van der Waals surface area contributed by atoms with Gasteiger partial charge in [-0.15, -0.1) is 0 Å². The molecule has 8 nitrogen and oxygen atoms in total. The van der Waals surface area contributed by atoms with Crippen molar-refractivity contribution in [2.24, 2.45) is 0 Å². The Bertz CT molecular complexity index is 1030. The third-order valence-corrected chi connectivity index (χ3v) is 4.77. The normalized spacial score (nSPS) is 14.9. The number of nitrogens with zero attached hydrogens (tertiary/aromatic N) is 4. The van der Waals surface area contributed by atoms with Crippen molar-refractivity contribution in [3.8, 4) is 11.1 Å². The molecule has 1 aromatic carbocycles. The summed E-state index contributed by atoms with van der Waals surface area (Å²) < 4.78 is 7.51. The second kappa shape index (κ2) is 6.40. The molecule has 2 aromatic heterocycles. The van der Waals surface area contributed by atoms with Gasteiger partial charge >= 0.3 is 6.09 Å². The van der Waals surface area contributed by atoms with E-state index in [0.29, 0.717) is 24.6 Å². The molecule has 28 heavy (non-hydrogen) atoms. The maximum absolute atomic E-state index is 12.2. The fourth-order valence-corrected chi connectivity index (χ4v) is 3.38. The number of hydrogen-bond acceptors (Lipinski definition) is 6. The van der Waals surface area contributed by atoms with Crippen LogP contribution >= 0.6 is 0 Å². The lowest BCUT2D eigenvalue weighted by Crippen LogP contribution is -2.52. The molecule has 0 bridgehead atoms. The molecule has 1 aliphatic rings. The first-order chi connectivity index (χ1) is 13.2. The molecular formula is C20H24N6O2. The van der Waals surface area contributed by atoms with Crippen molar-refractivity contribution in [3.05, 3.63) is 36.8 Å². The van der Waals surface area contributed by atoms with Crippen LogP contribution in [0, 0.1) is 0 Å². The van der Waals surface area contributed by atoms with Gasteiger partial charge < -0.3 is 25.7 Å². The molecular weight excluding hydrogens is 356 g/mol. The second-order valence-electron chi connectivity index (χ2n) is 8.07. The number of ether oxygens (including phenoxy) is 1. The van der Waals surface area contributed by atoms with Crippen molar-refractivity contribution in [1.29, 1.82) is 0 Å². The minimum atomic E-state index is -0.508. The predicted molar refractivity (Wildman–Crippen MR) is 109 cm³/mol.